The molecular weight excluding hydrogens is 460 g/mol. The Morgan fingerprint density at radius 2 is 1.74 bits per heavy atom. The molecular formula is C24H31BrN2O4. The highest BCUT2D eigenvalue weighted by Gasteiger charge is 2.24. The van der Waals surface area contributed by atoms with Crippen molar-refractivity contribution in [2.75, 3.05) is 53.6 Å². The summed E-state index contributed by atoms with van der Waals surface area (Å²) in [5.41, 5.74) is 1.90. The number of carbonyl (C=O) groups excluding carboxylic acids is 1. The molecule has 0 atom stereocenters. The van der Waals surface area contributed by atoms with E-state index in [1.807, 2.05) is 23.1 Å². The van der Waals surface area contributed by atoms with Crippen LogP contribution in [0.3, 0.4) is 0 Å². The summed E-state index contributed by atoms with van der Waals surface area (Å²) in [6.07, 6.45) is 1.89. The molecule has 0 radical (unpaired) electrons. The maximum Gasteiger partial charge on any atom is 0.254 e. The molecule has 1 aliphatic rings. The van der Waals surface area contributed by atoms with Gasteiger partial charge in [0.15, 0.2) is 11.5 Å². The molecule has 0 spiro atoms. The van der Waals surface area contributed by atoms with Gasteiger partial charge in [-0.25, -0.2) is 0 Å². The zero-order chi connectivity index (χ0) is 22.2. The first-order chi connectivity index (χ1) is 15.0. The fraction of sp³-hybridized carbons (Fsp3) is 0.458. The standard InChI is InChI=1S/C24H31BrN2O4/c1-4-15-31-23-21(25)16-19(17-22(23)30-3)24(28)27-13-11-26(12-14-27)10-9-18-5-7-20(29-2)8-6-18/h5-8,16-17H,4,9-15H2,1-3H3. The lowest BCUT2D eigenvalue weighted by Gasteiger charge is -2.35. The fourth-order valence-electron chi connectivity index (χ4n) is 3.62. The van der Waals surface area contributed by atoms with Crippen molar-refractivity contribution in [2.45, 2.75) is 19.8 Å². The lowest BCUT2D eigenvalue weighted by molar-refractivity contribution is 0.0638. The maximum atomic E-state index is 13.1. The predicted octanol–water partition coefficient (Wildman–Crippen LogP) is 4.26. The van der Waals surface area contributed by atoms with Gasteiger partial charge in [-0.2, -0.15) is 0 Å². The summed E-state index contributed by atoms with van der Waals surface area (Å²) in [6, 6.07) is 11.8. The molecule has 6 nitrogen and oxygen atoms in total. The van der Waals surface area contributed by atoms with Gasteiger partial charge in [-0.05, 0) is 58.6 Å². The number of piperazine rings is 1. The topological polar surface area (TPSA) is 51.2 Å². The van der Waals surface area contributed by atoms with E-state index in [9.17, 15) is 4.79 Å². The minimum atomic E-state index is 0.0239. The third kappa shape index (κ3) is 6.14. The SMILES string of the molecule is CCCOc1c(Br)cc(C(=O)N2CCN(CCc3ccc(OC)cc3)CC2)cc1OC. The molecule has 1 saturated heterocycles. The Morgan fingerprint density at radius 3 is 2.35 bits per heavy atom. The first kappa shape index (κ1) is 23.4. The molecule has 0 aromatic heterocycles. The molecule has 1 heterocycles. The molecule has 0 unspecified atom stereocenters. The molecule has 1 aliphatic heterocycles. The van der Waals surface area contributed by atoms with Gasteiger partial charge in [-0.15, -0.1) is 0 Å². The van der Waals surface area contributed by atoms with E-state index in [-0.39, 0.29) is 5.91 Å². The van der Waals surface area contributed by atoms with Crippen LogP contribution in [-0.2, 0) is 6.42 Å². The molecule has 7 heteroatoms. The lowest BCUT2D eigenvalue weighted by Crippen LogP contribution is -2.49. The number of hydrogen-bond acceptors (Lipinski definition) is 5. The van der Waals surface area contributed by atoms with E-state index in [2.05, 4.69) is 39.9 Å². The summed E-state index contributed by atoms with van der Waals surface area (Å²) in [4.78, 5) is 17.4. The molecule has 3 rings (SSSR count). The van der Waals surface area contributed by atoms with Gasteiger partial charge in [0.05, 0.1) is 25.3 Å². The van der Waals surface area contributed by atoms with E-state index in [0.29, 0.717) is 23.7 Å². The number of rotatable bonds is 9. The second-order valence-corrected chi connectivity index (χ2v) is 8.42. The van der Waals surface area contributed by atoms with Crippen LogP contribution < -0.4 is 14.2 Å². The van der Waals surface area contributed by atoms with Gasteiger partial charge >= 0.3 is 0 Å². The van der Waals surface area contributed by atoms with E-state index < -0.39 is 0 Å². The van der Waals surface area contributed by atoms with Crippen LogP contribution in [-0.4, -0.2) is 69.3 Å². The average Bonchev–Trinajstić information content (AvgIpc) is 2.81. The van der Waals surface area contributed by atoms with Crippen LogP contribution in [0.15, 0.2) is 40.9 Å². The Bertz CT molecular complexity index is 865. The Morgan fingerprint density at radius 1 is 1.03 bits per heavy atom. The number of halogens is 1. The summed E-state index contributed by atoms with van der Waals surface area (Å²) in [5, 5.41) is 0. The number of nitrogens with zero attached hydrogens (tertiary/aromatic N) is 2. The Labute approximate surface area is 193 Å². The van der Waals surface area contributed by atoms with Crippen molar-refractivity contribution >= 4 is 21.8 Å². The number of hydrogen-bond donors (Lipinski definition) is 0. The van der Waals surface area contributed by atoms with Crippen LogP contribution >= 0.6 is 15.9 Å². The third-order valence-electron chi connectivity index (χ3n) is 5.46. The minimum absolute atomic E-state index is 0.0239. The van der Waals surface area contributed by atoms with E-state index in [4.69, 9.17) is 14.2 Å². The molecule has 2 aromatic rings. The average molecular weight is 491 g/mol. The van der Waals surface area contributed by atoms with Gasteiger partial charge in [0.2, 0.25) is 0 Å². The normalized spacial score (nSPS) is 14.4. The van der Waals surface area contributed by atoms with Gasteiger partial charge in [-0.3, -0.25) is 9.69 Å². The summed E-state index contributed by atoms with van der Waals surface area (Å²) < 4.78 is 17.2. The number of ether oxygens (including phenoxy) is 3. The summed E-state index contributed by atoms with van der Waals surface area (Å²) in [6.45, 7) is 6.81. The van der Waals surface area contributed by atoms with Crippen LogP contribution in [0.25, 0.3) is 0 Å². The second-order valence-electron chi connectivity index (χ2n) is 7.57. The Balaban J connectivity index is 1.55. The quantitative estimate of drug-likeness (QED) is 0.525. The van der Waals surface area contributed by atoms with E-state index >= 15 is 0 Å². The van der Waals surface area contributed by atoms with Crippen molar-refractivity contribution < 1.29 is 19.0 Å². The highest BCUT2D eigenvalue weighted by atomic mass is 79.9. The van der Waals surface area contributed by atoms with Gasteiger partial charge in [0.25, 0.3) is 5.91 Å². The number of methoxy groups -OCH3 is 2. The zero-order valence-corrected chi connectivity index (χ0v) is 20.1. The van der Waals surface area contributed by atoms with Crippen LogP contribution in [0, 0.1) is 0 Å². The number of carbonyl (C=O) groups is 1. The third-order valence-corrected chi connectivity index (χ3v) is 6.05. The largest absolute Gasteiger partial charge is 0.497 e. The zero-order valence-electron chi connectivity index (χ0n) is 18.5. The van der Waals surface area contributed by atoms with E-state index in [1.54, 1.807) is 20.3 Å². The van der Waals surface area contributed by atoms with Gasteiger partial charge in [0.1, 0.15) is 5.75 Å². The van der Waals surface area contributed by atoms with Crippen molar-refractivity contribution in [1.29, 1.82) is 0 Å². The monoisotopic (exact) mass is 490 g/mol. The summed E-state index contributed by atoms with van der Waals surface area (Å²) in [5.74, 6) is 2.12. The fourth-order valence-corrected chi connectivity index (χ4v) is 4.18. The molecule has 0 bridgehead atoms. The summed E-state index contributed by atoms with van der Waals surface area (Å²) in [7, 11) is 3.27. The van der Waals surface area contributed by atoms with Crippen molar-refractivity contribution in [3.8, 4) is 17.2 Å². The van der Waals surface area contributed by atoms with Crippen LogP contribution in [0.1, 0.15) is 29.3 Å². The summed E-state index contributed by atoms with van der Waals surface area (Å²) >= 11 is 3.53. The highest BCUT2D eigenvalue weighted by Crippen LogP contribution is 2.37. The smallest absolute Gasteiger partial charge is 0.254 e. The minimum Gasteiger partial charge on any atom is -0.497 e. The molecule has 1 fully saturated rings. The van der Waals surface area contributed by atoms with Gasteiger partial charge in [-0.1, -0.05) is 19.1 Å². The molecule has 31 heavy (non-hydrogen) atoms. The van der Waals surface area contributed by atoms with Gasteiger partial charge in [0, 0.05) is 38.3 Å². The molecule has 0 aliphatic carbocycles. The molecule has 2 aromatic carbocycles. The second kappa shape index (κ2) is 11.4. The van der Waals surface area contributed by atoms with Crippen molar-refractivity contribution in [3.05, 3.63) is 52.0 Å². The van der Waals surface area contributed by atoms with Crippen LogP contribution in [0.4, 0.5) is 0 Å². The lowest BCUT2D eigenvalue weighted by atomic mass is 10.1. The predicted molar refractivity (Wildman–Crippen MR) is 126 cm³/mol. The maximum absolute atomic E-state index is 13.1. The van der Waals surface area contributed by atoms with E-state index in [0.717, 1.165) is 55.8 Å². The molecule has 0 N–H and O–H groups in total. The molecule has 168 valence electrons. The molecule has 1 amide bonds. The Hall–Kier alpha value is -2.25. The van der Waals surface area contributed by atoms with Crippen LogP contribution in [0.5, 0.6) is 17.2 Å². The Kier molecular flexibility index (Phi) is 8.60. The highest BCUT2D eigenvalue weighted by molar-refractivity contribution is 9.10. The van der Waals surface area contributed by atoms with E-state index in [1.165, 1.54) is 5.56 Å². The molecule has 0 saturated carbocycles. The van der Waals surface area contributed by atoms with Gasteiger partial charge < -0.3 is 19.1 Å². The number of amides is 1. The first-order valence-corrected chi connectivity index (χ1v) is 11.5. The number of benzene rings is 2. The van der Waals surface area contributed by atoms with Crippen LogP contribution in [0.2, 0.25) is 0 Å². The van der Waals surface area contributed by atoms with Crippen molar-refractivity contribution in [2.24, 2.45) is 0 Å². The van der Waals surface area contributed by atoms with Crippen molar-refractivity contribution in [3.63, 3.8) is 0 Å². The van der Waals surface area contributed by atoms with Crippen molar-refractivity contribution in [1.82, 2.24) is 9.80 Å². The first-order valence-electron chi connectivity index (χ1n) is 10.7.